The summed E-state index contributed by atoms with van der Waals surface area (Å²) < 4.78 is 24.8. The van der Waals surface area contributed by atoms with E-state index in [1.165, 1.54) is 18.4 Å². The number of halogens is 1. The lowest BCUT2D eigenvalue weighted by Crippen LogP contribution is -1.91. The second kappa shape index (κ2) is 5.69. The zero-order valence-corrected chi connectivity index (χ0v) is 12.5. The number of nitrogens with zero attached hydrogens (tertiary/aromatic N) is 2. The Bertz CT molecular complexity index is 845. The molecule has 0 bridgehead atoms. The number of nitrogen functional groups attached to an aromatic ring is 1. The van der Waals surface area contributed by atoms with E-state index in [0.29, 0.717) is 22.4 Å². The van der Waals surface area contributed by atoms with Crippen LogP contribution in [0.3, 0.4) is 0 Å². The largest absolute Gasteiger partial charge is 0.384 e. The van der Waals surface area contributed by atoms with Crippen molar-refractivity contribution in [3.05, 3.63) is 48.4 Å². The van der Waals surface area contributed by atoms with E-state index in [-0.39, 0.29) is 5.82 Å². The van der Waals surface area contributed by atoms with Crippen LogP contribution in [0.2, 0.25) is 0 Å². The molecule has 1 atom stereocenters. The molecule has 1 unspecified atom stereocenters. The van der Waals surface area contributed by atoms with Crippen molar-refractivity contribution in [1.82, 2.24) is 15.0 Å². The fourth-order valence-electron chi connectivity index (χ4n) is 2.12. The van der Waals surface area contributed by atoms with Crippen molar-refractivity contribution in [2.75, 3.05) is 12.0 Å². The van der Waals surface area contributed by atoms with Crippen LogP contribution in [0.15, 0.2) is 47.8 Å². The minimum atomic E-state index is -1.26. The molecular weight excluding hydrogens is 303 g/mol. The van der Waals surface area contributed by atoms with Gasteiger partial charge in [-0.2, -0.15) is 0 Å². The number of hydrogen-bond donors (Lipinski definition) is 2. The van der Waals surface area contributed by atoms with Crippen LogP contribution in [-0.2, 0) is 10.8 Å². The van der Waals surface area contributed by atoms with Gasteiger partial charge in [0.15, 0.2) is 5.16 Å². The van der Waals surface area contributed by atoms with Crippen molar-refractivity contribution in [1.29, 1.82) is 0 Å². The Hall–Kier alpha value is -2.54. The Morgan fingerprint density at radius 3 is 2.55 bits per heavy atom. The standard InChI is InChI=1S/C15H13FN4OS/c1-22(21)15-19-13(9-2-4-11(16)5-3-9)14(20-15)10-6-7-18-12(17)8-10/h2-8H,1H3,(H2,17,18)(H,19,20). The van der Waals surface area contributed by atoms with Crippen LogP contribution < -0.4 is 5.73 Å². The predicted molar refractivity (Wildman–Crippen MR) is 84.0 cm³/mol. The van der Waals surface area contributed by atoms with E-state index in [1.807, 2.05) is 0 Å². The lowest BCUT2D eigenvalue weighted by atomic mass is 10.1. The van der Waals surface area contributed by atoms with Crippen molar-refractivity contribution in [2.45, 2.75) is 5.16 Å². The number of rotatable bonds is 3. The van der Waals surface area contributed by atoms with Gasteiger partial charge in [0.25, 0.3) is 0 Å². The summed E-state index contributed by atoms with van der Waals surface area (Å²) in [5, 5.41) is 0.352. The summed E-state index contributed by atoms with van der Waals surface area (Å²) in [6.07, 6.45) is 3.12. The van der Waals surface area contributed by atoms with E-state index >= 15 is 0 Å². The highest BCUT2D eigenvalue weighted by atomic mass is 32.2. The summed E-state index contributed by atoms with van der Waals surface area (Å²) in [7, 11) is -1.26. The number of nitrogens with one attached hydrogen (secondary N) is 1. The van der Waals surface area contributed by atoms with Gasteiger partial charge in [0.1, 0.15) is 11.6 Å². The Morgan fingerprint density at radius 2 is 1.91 bits per heavy atom. The van der Waals surface area contributed by atoms with Gasteiger partial charge in [-0.1, -0.05) is 0 Å². The van der Waals surface area contributed by atoms with E-state index in [2.05, 4.69) is 15.0 Å². The first-order chi connectivity index (χ1) is 10.5. The summed E-state index contributed by atoms with van der Waals surface area (Å²) in [4.78, 5) is 11.4. The molecule has 7 heteroatoms. The molecule has 22 heavy (non-hydrogen) atoms. The molecule has 0 amide bonds. The molecule has 5 nitrogen and oxygen atoms in total. The highest BCUT2D eigenvalue weighted by molar-refractivity contribution is 7.84. The van der Waals surface area contributed by atoms with E-state index in [9.17, 15) is 8.60 Å². The summed E-state index contributed by atoms with van der Waals surface area (Å²) in [6, 6.07) is 9.46. The molecular formula is C15H13FN4OS. The maximum Gasteiger partial charge on any atom is 0.197 e. The van der Waals surface area contributed by atoms with E-state index in [0.717, 1.165) is 11.1 Å². The van der Waals surface area contributed by atoms with Crippen LogP contribution in [0.1, 0.15) is 0 Å². The number of nitrogens with two attached hydrogens (primary N) is 1. The number of hydrogen-bond acceptors (Lipinski definition) is 4. The molecule has 2 aromatic heterocycles. The predicted octanol–water partition coefficient (Wildman–Crippen LogP) is 2.60. The van der Waals surface area contributed by atoms with Gasteiger partial charge < -0.3 is 10.7 Å². The average molecular weight is 316 g/mol. The first kappa shape index (κ1) is 14.4. The first-order valence-corrected chi connectivity index (χ1v) is 8.01. The summed E-state index contributed by atoms with van der Waals surface area (Å²) in [5.41, 5.74) is 8.47. The first-order valence-electron chi connectivity index (χ1n) is 6.46. The Kier molecular flexibility index (Phi) is 3.72. The third-order valence-electron chi connectivity index (χ3n) is 3.14. The van der Waals surface area contributed by atoms with Gasteiger partial charge in [-0.25, -0.2) is 14.4 Å². The van der Waals surface area contributed by atoms with Crippen molar-refractivity contribution in [3.8, 4) is 22.5 Å². The fourth-order valence-corrected chi connectivity index (χ4v) is 2.58. The quantitative estimate of drug-likeness (QED) is 0.778. The lowest BCUT2D eigenvalue weighted by molar-refractivity contribution is 0.628. The maximum absolute atomic E-state index is 13.1. The molecule has 3 aromatic rings. The van der Waals surface area contributed by atoms with E-state index in [4.69, 9.17) is 5.73 Å². The SMILES string of the molecule is CS(=O)c1nc(-c2ccnc(N)c2)c(-c2ccc(F)cc2)[nH]1. The molecule has 0 aliphatic heterocycles. The van der Waals surface area contributed by atoms with Gasteiger partial charge >= 0.3 is 0 Å². The number of anilines is 1. The second-order valence-corrected chi connectivity index (χ2v) is 5.99. The molecule has 0 radical (unpaired) electrons. The van der Waals surface area contributed by atoms with Gasteiger partial charge in [-0.05, 0) is 36.4 Å². The van der Waals surface area contributed by atoms with Gasteiger partial charge in [-0.3, -0.25) is 4.21 Å². The number of benzene rings is 1. The number of pyridine rings is 1. The van der Waals surface area contributed by atoms with Crippen LogP contribution >= 0.6 is 0 Å². The summed E-state index contributed by atoms with van der Waals surface area (Å²) >= 11 is 0. The van der Waals surface area contributed by atoms with Crippen LogP contribution in [0.5, 0.6) is 0 Å². The molecule has 0 saturated carbocycles. The van der Waals surface area contributed by atoms with Crippen LogP contribution in [-0.4, -0.2) is 25.4 Å². The Balaban J connectivity index is 2.20. The topological polar surface area (TPSA) is 84.7 Å². The lowest BCUT2D eigenvalue weighted by Gasteiger charge is -2.03. The smallest absolute Gasteiger partial charge is 0.197 e. The number of aromatic amines is 1. The maximum atomic E-state index is 13.1. The zero-order valence-electron chi connectivity index (χ0n) is 11.7. The minimum absolute atomic E-state index is 0.322. The zero-order chi connectivity index (χ0) is 15.7. The third kappa shape index (κ3) is 2.75. The second-order valence-electron chi connectivity index (χ2n) is 4.70. The van der Waals surface area contributed by atoms with Crippen LogP contribution in [0, 0.1) is 5.82 Å². The van der Waals surface area contributed by atoms with Crippen LogP contribution in [0.4, 0.5) is 10.2 Å². The monoisotopic (exact) mass is 316 g/mol. The van der Waals surface area contributed by atoms with Gasteiger partial charge in [0, 0.05) is 23.6 Å². The van der Waals surface area contributed by atoms with Crippen molar-refractivity contribution >= 4 is 16.6 Å². The van der Waals surface area contributed by atoms with Crippen molar-refractivity contribution < 1.29 is 8.60 Å². The molecule has 0 spiro atoms. The molecule has 0 saturated heterocycles. The van der Waals surface area contributed by atoms with Crippen molar-refractivity contribution in [3.63, 3.8) is 0 Å². The molecule has 1 aromatic carbocycles. The molecule has 3 N–H and O–H groups in total. The molecule has 3 rings (SSSR count). The number of imidazole rings is 1. The third-order valence-corrected chi connectivity index (χ3v) is 3.88. The fraction of sp³-hybridized carbons (Fsp3) is 0.0667. The van der Waals surface area contributed by atoms with E-state index in [1.54, 1.807) is 30.5 Å². The Labute approximate surface area is 128 Å². The van der Waals surface area contributed by atoms with Crippen molar-refractivity contribution in [2.24, 2.45) is 0 Å². The van der Waals surface area contributed by atoms with Gasteiger partial charge in [-0.15, -0.1) is 0 Å². The van der Waals surface area contributed by atoms with Crippen LogP contribution in [0.25, 0.3) is 22.5 Å². The minimum Gasteiger partial charge on any atom is -0.384 e. The summed E-state index contributed by atoms with van der Waals surface area (Å²) in [6.45, 7) is 0. The van der Waals surface area contributed by atoms with E-state index < -0.39 is 10.8 Å². The molecule has 0 aliphatic rings. The normalized spacial score (nSPS) is 12.3. The highest BCUT2D eigenvalue weighted by Crippen LogP contribution is 2.31. The average Bonchev–Trinajstić information content (AvgIpc) is 2.93. The number of H-pyrrole nitrogens is 1. The molecule has 112 valence electrons. The molecule has 0 aliphatic carbocycles. The molecule has 0 fully saturated rings. The highest BCUT2D eigenvalue weighted by Gasteiger charge is 2.16. The number of aromatic nitrogens is 3. The van der Waals surface area contributed by atoms with Gasteiger partial charge in [0.2, 0.25) is 0 Å². The molecule has 2 heterocycles. The van der Waals surface area contributed by atoms with Gasteiger partial charge in [0.05, 0.1) is 22.2 Å². The Morgan fingerprint density at radius 1 is 1.18 bits per heavy atom. The summed E-state index contributed by atoms with van der Waals surface area (Å²) in [5.74, 6) is 0.0435.